The number of rotatable bonds is 6. The van der Waals surface area contributed by atoms with Gasteiger partial charge in [-0.3, -0.25) is 19.4 Å². The van der Waals surface area contributed by atoms with Gasteiger partial charge in [0.1, 0.15) is 5.78 Å². The van der Waals surface area contributed by atoms with Crippen LogP contribution in [0.4, 0.5) is 0 Å². The third-order valence-corrected chi connectivity index (χ3v) is 4.76. The van der Waals surface area contributed by atoms with Gasteiger partial charge >= 0.3 is 0 Å². The molecule has 0 aliphatic carbocycles. The number of carbonyl (C=O) groups is 2. The summed E-state index contributed by atoms with van der Waals surface area (Å²) in [6.45, 7) is 12.0. The van der Waals surface area contributed by atoms with Gasteiger partial charge in [-0.2, -0.15) is 0 Å². The minimum absolute atomic E-state index is 0.0556. The fourth-order valence-corrected chi connectivity index (χ4v) is 2.72. The van der Waals surface area contributed by atoms with E-state index in [4.69, 9.17) is 0 Å². The van der Waals surface area contributed by atoms with Gasteiger partial charge in [0.05, 0.1) is 12.1 Å². The van der Waals surface area contributed by atoms with Gasteiger partial charge in [-0.1, -0.05) is 33.6 Å². The van der Waals surface area contributed by atoms with Crippen molar-refractivity contribution in [3.05, 3.63) is 0 Å². The molecule has 1 fully saturated rings. The Labute approximate surface area is 143 Å². The Morgan fingerprint density at radius 3 is 1.74 bits per heavy atom. The van der Waals surface area contributed by atoms with E-state index in [1.807, 2.05) is 46.7 Å². The summed E-state index contributed by atoms with van der Waals surface area (Å²) < 4.78 is 0. The minimum Gasteiger partial charge on any atom is -0.300 e. The van der Waals surface area contributed by atoms with Crippen molar-refractivity contribution in [2.75, 3.05) is 27.2 Å². The maximum Gasteiger partial charge on any atom is 0.152 e. The quantitative estimate of drug-likeness (QED) is 0.750. The Hall–Kier alpha value is -0.740. The molecule has 1 aliphatic rings. The number of Topliss-reactive ketones (excluding diaryl/α,β-unsaturated/α-hetero) is 2. The van der Waals surface area contributed by atoms with Crippen LogP contribution in [0.5, 0.6) is 0 Å². The summed E-state index contributed by atoms with van der Waals surface area (Å²) in [6.07, 6.45) is 5.88. The molecule has 0 spiro atoms. The van der Waals surface area contributed by atoms with Crippen LogP contribution >= 0.6 is 0 Å². The van der Waals surface area contributed by atoms with Gasteiger partial charge in [-0.25, -0.2) is 0 Å². The summed E-state index contributed by atoms with van der Waals surface area (Å²) in [5, 5.41) is 0. The molecule has 0 aromatic heterocycles. The molecule has 0 radical (unpaired) electrons. The molecular formula is C19H38N2O2. The Balaban J connectivity index is 0.000000438. The summed E-state index contributed by atoms with van der Waals surface area (Å²) >= 11 is 0. The molecule has 0 saturated carbocycles. The molecule has 0 bridgehead atoms. The van der Waals surface area contributed by atoms with E-state index in [2.05, 4.69) is 11.8 Å². The van der Waals surface area contributed by atoms with Gasteiger partial charge < -0.3 is 0 Å². The highest BCUT2D eigenvalue weighted by molar-refractivity contribution is 5.85. The lowest BCUT2D eigenvalue weighted by Crippen LogP contribution is -2.39. The van der Waals surface area contributed by atoms with Gasteiger partial charge in [-0.15, -0.1) is 0 Å². The molecule has 4 heteroatoms. The predicted octanol–water partition coefficient (Wildman–Crippen LogP) is 3.39. The van der Waals surface area contributed by atoms with Crippen LogP contribution in [0, 0.1) is 5.92 Å². The fourth-order valence-electron chi connectivity index (χ4n) is 2.72. The number of ketones is 2. The van der Waals surface area contributed by atoms with Crippen molar-refractivity contribution in [1.82, 2.24) is 9.80 Å². The Morgan fingerprint density at radius 2 is 1.43 bits per heavy atom. The molecule has 1 aliphatic heterocycles. The maximum absolute atomic E-state index is 11.5. The lowest BCUT2D eigenvalue weighted by molar-refractivity contribution is -0.126. The van der Waals surface area contributed by atoms with E-state index in [1.165, 1.54) is 25.7 Å². The smallest absolute Gasteiger partial charge is 0.152 e. The first-order valence-electron chi connectivity index (χ1n) is 9.19. The second kappa shape index (κ2) is 11.7. The lowest BCUT2D eigenvalue weighted by Gasteiger charge is -2.25. The fraction of sp³-hybridized carbons (Fsp3) is 0.895. The first-order valence-corrected chi connectivity index (χ1v) is 9.19. The monoisotopic (exact) mass is 326 g/mol. The number of hydrogen-bond donors (Lipinski definition) is 0. The molecule has 23 heavy (non-hydrogen) atoms. The van der Waals surface area contributed by atoms with E-state index in [-0.39, 0.29) is 18.0 Å². The average molecular weight is 327 g/mol. The van der Waals surface area contributed by atoms with Crippen molar-refractivity contribution >= 4 is 11.6 Å². The summed E-state index contributed by atoms with van der Waals surface area (Å²) in [5.41, 5.74) is 0. The van der Waals surface area contributed by atoms with Crippen molar-refractivity contribution < 1.29 is 9.59 Å². The van der Waals surface area contributed by atoms with Crippen LogP contribution in [0.1, 0.15) is 66.7 Å². The third-order valence-electron chi connectivity index (χ3n) is 4.76. The number of carbonyl (C=O) groups excluding carboxylic acids is 2. The standard InChI is InChI=1S/C11H21NO.C8H17NO/c1-3-11(13)10(2)12-8-6-4-5-7-9-12;1-6(2)8(10)7(3)9(4)5/h10H,3-9H2,1-2H3;6-7H,1-5H3/t10-;7-/m00/s1. The third kappa shape index (κ3) is 8.61. The van der Waals surface area contributed by atoms with Gasteiger partial charge in [-0.05, 0) is 53.9 Å². The van der Waals surface area contributed by atoms with E-state index in [9.17, 15) is 9.59 Å². The minimum atomic E-state index is 0.0556. The van der Waals surface area contributed by atoms with Gasteiger partial charge in [0, 0.05) is 12.3 Å². The van der Waals surface area contributed by atoms with Crippen LogP contribution in [0.15, 0.2) is 0 Å². The lowest BCUT2D eigenvalue weighted by atomic mass is 10.0. The number of hydrogen-bond acceptors (Lipinski definition) is 4. The van der Waals surface area contributed by atoms with Crippen LogP contribution in [-0.4, -0.2) is 60.6 Å². The van der Waals surface area contributed by atoms with E-state index < -0.39 is 0 Å². The second-order valence-electron chi connectivity index (χ2n) is 7.14. The molecule has 4 nitrogen and oxygen atoms in total. The van der Waals surface area contributed by atoms with Crippen LogP contribution in [0.3, 0.4) is 0 Å². The molecule has 0 unspecified atom stereocenters. The van der Waals surface area contributed by atoms with E-state index >= 15 is 0 Å². The van der Waals surface area contributed by atoms with Gasteiger partial charge in [0.15, 0.2) is 5.78 Å². The first kappa shape index (κ1) is 22.3. The van der Waals surface area contributed by atoms with Crippen LogP contribution in [0.25, 0.3) is 0 Å². The molecule has 0 aromatic carbocycles. The second-order valence-corrected chi connectivity index (χ2v) is 7.14. The summed E-state index contributed by atoms with van der Waals surface area (Å²) in [6, 6.07) is 0.211. The van der Waals surface area contributed by atoms with E-state index in [0.717, 1.165) is 13.1 Å². The highest BCUT2D eigenvalue weighted by Crippen LogP contribution is 2.13. The average Bonchev–Trinajstić information content (AvgIpc) is 2.81. The zero-order valence-electron chi connectivity index (χ0n) is 16.4. The highest BCUT2D eigenvalue weighted by Gasteiger charge is 2.20. The Morgan fingerprint density at radius 1 is 0.957 bits per heavy atom. The largest absolute Gasteiger partial charge is 0.300 e. The number of likely N-dealkylation sites (N-methyl/N-ethyl adjacent to an activating group) is 1. The SMILES string of the molecule is CC(C)C(=O)[C@H](C)N(C)C.CCC(=O)[C@H](C)N1CCCCCC1. The van der Waals surface area contributed by atoms with E-state index in [0.29, 0.717) is 18.0 Å². The highest BCUT2D eigenvalue weighted by atomic mass is 16.1. The Bertz CT molecular complexity index is 345. The van der Waals surface area contributed by atoms with Crippen molar-refractivity contribution in [3.8, 4) is 0 Å². The molecule has 1 heterocycles. The summed E-state index contributed by atoms with van der Waals surface area (Å²) in [7, 11) is 3.84. The molecule has 1 saturated heterocycles. The zero-order chi connectivity index (χ0) is 18.0. The van der Waals surface area contributed by atoms with Crippen molar-refractivity contribution in [2.45, 2.75) is 78.8 Å². The summed E-state index contributed by atoms with van der Waals surface area (Å²) in [5.74, 6) is 0.851. The Kier molecular flexibility index (Phi) is 11.4. The van der Waals surface area contributed by atoms with Crippen LogP contribution in [-0.2, 0) is 9.59 Å². The molecule has 0 aromatic rings. The topological polar surface area (TPSA) is 40.6 Å². The molecule has 2 atom stereocenters. The van der Waals surface area contributed by atoms with E-state index in [1.54, 1.807) is 0 Å². The molecule has 1 rings (SSSR count). The van der Waals surface area contributed by atoms with Crippen molar-refractivity contribution in [3.63, 3.8) is 0 Å². The maximum atomic E-state index is 11.5. The van der Waals surface area contributed by atoms with Crippen LogP contribution < -0.4 is 0 Å². The molecular weight excluding hydrogens is 288 g/mol. The van der Waals surface area contributed by atoms with Gasteiger partial charge in [0.25, 0.3) is 0 Å². The first-order chi connectivity index (χ1) is 10.7. The van der Waals surface area contributed by atoms with Crippen LogP contribution in [0.2, 0.25) is 0 Å². The molecule has 0 N–H and O–H groups in total. The zero-order valence-corrected chi connectivity index (χ0v) is 16.4. The molecule has 0 amide bonds. The number of likely N-dealkylation sites (tertiary alicyclic amines) is 1. The molecule has 136 valence electrons. The predicted molar refractivity (Wildman–Crippen MR) is 97.8 cm³/mol. The normalized spacial score (nSPS) is 18.8. The van der Waals surface area contributed by atoms with Gasteiger partial charge in [0.2, 0.25) is 0 Å². The summed E-state index contributed by atoms with van der Waals surface area (Å²) in [4.78, 5) is 27.0. The number of nitrogens with zero attached hydrogens (tertiary/aromatic N) is 2. The van der Waals surface area contributed by atoms with Crippen molar-refractivity contribution in [1.29, 1.82) is 0 Å². The van der Waals surface area contributed by atoms with Crippen molar-refractivity contribution in [2.24, 2.45) is 5.92 Å².